The highest BCUT2D eigenvalue weighted by Gasteiger charge is 2.36. The van der Waals surface area contributed by atoms with Gasteiger partial charge in [0.25, 0.3) is 0 Å². The van der Waals surface area contributed by atoms with Crippen molar-refractivity contribution in [2.75, 3.05) is 0 Å². The minimum atomic E-state index is -0.635. The van der Waals surface area contributed by atoms with E-state index in [-0.39, 0.29) is 29.3 Å². The molecule has 2 aliphatic rings. The molecule has 37 heavy (non-hydrogen) atoms. The molecule has 3 aromatic carbocycles. The average molecular weight is 499 g/mol. The predicted molar refractivity (Wildman–Crippen MR) is 141 cm³/mol. The number of rotatable bonds is 1. The number of cyclic esters (lactones) is 1. The fraction of sp³-hybridized carbons (Fsp3) is 0.323. The first-order valence-electron chi connectivity index (χ1n) is 12.9. The van der Waals surface area contributed by atoms with Crippen molar-refractivity contribution in [1.82, 2.24) is 0 Å². The van der Waals surface area contributed by atoms with E-state index in [9.17, 15) is 19.5 Å². The molecule has 0 saturated carbocycles. The second kappa shape index (κ2) is 10.6. The number of phenolic OH excluding ortho intramolecular Hbond substituents is 1. The smallest absolute Gasteiger partial charge is 0.342 e. The van der Waals surface area contributed by atoms with Gasteiger partial charge in [-0.15, -0.1) is 0 Å². The first-order chi connectivity index (χ1) is 17.9. The van der Waals surface area contributed by atoms with E-state index in [4.69, 9.17) is 9.47 Å². The van der Waals surface area contributed by atoms with E-state index >= 15 is 0 Å². The third kappa shape index (κ3) is 5.15. The molecule has 2 heterocycles. The lowest BCUT2D eigenvalue weighted by Gasteiger charge is -2.28. The van der Waals surface area contributed by atoms with Crippen LogP contribution in [0.15, 0.2) is 54.6 Å². The van der Waals surface area contributed by atoms with E-state index in [2.05, 4.69) is 0 Å². The highest BCUT2D eigenvalue weighted by molar-refractivity contribution is 5.99. The van der Waals surface area contributed by atoms with Gasteiger partial charge < -0.3 is 14.6 Å². The number of aromatic hydroxyl groups is 1. The van der Waals surface area contributed by atoms with Crippen molar-refractivity contribution in [1.29, 1.82) is 0 Å². The van der Waals surface area contributed by atoms with Gasteiger partial charge >= 0.3 is 11.9 Å². The monoisotopic (exact) mass is 498 g/mol. The largest absolute Gasteiger partial charge is 0.507 e. The summed E-state index contributed by atoms with van der Waals surface area (Å²) in [4.78, 5) is 38.2. The molecular weight excluding hydrogens is 468 g/mol. The number of fused-ring (bicyclic) bond motifs is 3. The molecule has 3 aromatic rings. The van der Waals surface area contributed by atoms with Gasteiger partial charge in [-0.1, -0.05) is 54.6 Å². The van der Waals surface area contributed by atoms with E-state index in [1.165, 1.54) is 0 Å². The average Bonchev–Trinajstić information content (AvgIpc) is 2.87. The van der Waals surface area contributed by atoms with Crippen LogP contribution >= 0.6 is 0 Å². The molecule has 6 nitrogen and oxygen atoms in total. The van der Waals surface area contributed by atoms with Gasteiger partial charge in [0.1, 0.15) is 22.8 Å². The molecule has 1 N–H and O–H groups in total. The lowest BCUT2D eigenvalue weighted by molar-refractivity contribution is -0.135. The number of ether oxygens (including phenoxy) is 2. The van der Waals surface area contributed by atoms with Gasteiger partial charge in [0.05, 0.1) is 12.5 Å². The Labute approximate surface area is 215 Å². The molecule has 0 fully saturated rings. The van der Waals surface area contributed by atoms with Crippen LogP contribution in [0.3, 0.4) is 0 Å². The Kier molecular flexibility index (Phi) is 7.08. The first kappa shape index (κ1) is 24.8. The number of carbonyl (C=O) groups is 3. The van der Waals surface area contributed by atoms with Crippen LogP contribution in [-0.4, -0.2) is 28.9 Å². The summed E-state index contributed by atoms with van der Waals surface area (Å²) in [5.74, 6) is -1.29. The van der Waals surface area contributed by atoms with Crippen LogP contribution in [-0.2, 0) is 14.3 Å². The summed E-state index contributed by atoms with van der Waals surface area (Å²) in [5, 5.41) is 13.6. The van der Waals surface area contributed by atoms with Crippen molar-refractivity contribution in [2.45, 2.75) is 63.9 Å². The molecule has 0 aliphatic carbocycles. The molecule has 0 amide bonds. The molecule has 0 saturated heterocycles. The summed E-state index contributed by atoms with van der Waals surface area (Å²) >= 11 is 0. The van der Waals surface area contributed by atoms with Gasteiger partial charge in [-0.25, -0.2) is 4.79 Å². The lowest BCUT2D eigenvalue weighted by atomic mass is 9.81. The van der Waals surface area contributed by atoms with Gasteiger partial charge in [-0.05, 0) is 60.6 Å². The van der Waals surface area contributed by atoms with Crippen molar-refractivity contribution in [3.05, 3.63) is 76.9 Å². The second-order valence-corrected chi connectivity index (χ2v) is 9.84. The van der Waals surface area contributed by atoms with E-state index in [1.807, 2.05) is 48.5 Å². The number of hydrogen-bond donors (Lipinski definition) is 1. The molecule has 0 spiro atoms. The predicted octanol–water partition coefficient (Wildman–Crippen LogP) is 6.47. The van der Waals surface area contributed by atoms with Gasteiger partial charge in [-0.3, -0.25) is 9.59 Å². The van der Waals surface area contributed by atoms with Crippen molar-refractivity contribution < 1.29 is 29.0 Å². The molecule has 0 aromatic heterocycles. The van der Waals surface area contributed by atoms with E-state index in [1.54, 1.807) is 19.1 Å². The maximum atomic E-state index is 13.4. The zero-order valence-electron chi connectivity index (χ0n) is 20.9. The molecule has 0 bridgehead atoms. The molecule has 2 aliphatic heterocycles. The number of ketones is 1. The van der Waals surface area contributed by atoms with Crippen LogP contribution < -0.4 is 4.74 Å². The third-order valence-electron chi connectivity index (χ3n) is 7.18. The topological polar surface area (TPSA) is 89.9 Å². The normalized spacial score (nSPS) is 20.9. The molecule has 2 atom stereocenters. The minimum Gasteiger partial charge on any atom is -0.507 e. The maximum absolute atomic E-state index is 13.4. The van der Waals surface area contributed by atoms with Crippen LogP contribution in [0.4, 0.5) is 0 Å². The van der Waals surface area contributed by atoms with Crippen LogP contribution in [0.1, 0.15) is 84.8 Å². The van der Waals surface area contributed by atoms with Crippen molar-refractivity contribution in [2.24, 2.45) is 0 Å². The molecule has 6 heteroatoms. The quantitative estimate of drug-likeness (QED) is 0.306. The van der Waals surface area contributed by atoms with Crippen molar-refractivity contribution in [3.8, 4) is 11.5 Å². The Morgan fingerprint density at radius 1 is 0.973 bits per heavy atom. The number of benzene rings is 3. The van der Waals surface area contributed by atoms with Gasteiger partial charge in [0.2, 0.25) is 0 Å². The summed E-state index contributed by atoms with van der Waals surface area (Å²) in [6.45, 7) is 1.79. The molecule has 5 rings (SSSR count). The highest BCUT2D eigenvalue weighted by atomic mass is 16.5. The Hall–Kier alpha value is -3.93. The number of allylic oxidation sites excluding steroid dienone is 1. The fourth-order valence-corrected chi connectivity index (χ4v) is 5.34. The van der Waals surface area contributed by atoms with E-state index in [0.717, 1.165) is 16.3 Å². The summed E-state index contributed by atoms with van der Waals surface area (Å²) in [6.07, 6.45) is 6.76. The Bertz CT molecular complexity index is 1400. The number of carbonyl (C=O) groups excluding carboxylic acids is 3. The van der Waals surface area contributed by atoms with Gasteiger partial charge in [0.15, 0.2) is 0 Å². The number of Topliss-reactive ketones (excluding diaryl/α,β-unsaturated/α-hetero) is 1. The molecular formula is C31H30O6. The van der Waals surface area contributed by atoms with E-state index in [0.29, 0.717) is 49.7 Å². The van der Waals surface area contributed by atoms with Crippen molar-refractivity contribution >= 4 is 34.6 Å². The number of esters is 2. The Morgan fingerprint density at radius 2 is 1.76 bits per heavy atom. The maximum Gasteiger partial charge on any atom is 0.342 e. The van der Waals surface area contributed by atoms with Crippen LogP contribution in [0.5, 0.6) is 11.5 Å². The lowest BCUT2D eigenvalue weighted by Crippen LogP contribution is -2.23. The summed E-state index contributed by atoms with van der Waals surface area (Å²) in [6, 6.07) is 15.4. The second-order valence-electron chi connectivity index (χ2n) is 9.84. The Morgan fingerprint density at radius 3 is 2.62 bits per heavy atom. The minimum absolute atomic E-state index is 0.0443. The van der Waals surface area contributed by atoms with Crippen LogP contribution in [0, 0.1) is 0 Å². The fourth-order valence-electron chi connectivity index (χ4n) is 5.34. The van der Waals surface area contributed by atoms with Crippen molar-refractivity contribution in [3.63, 3.8) is 0 Å². The number of hydrogen-bond acceptors (Lipinski definition) is 6. The zero-order valence-corrected chi connectivity index (χ0v) is 20.9. The summed E-state index contributed by atoms with van der Waals surface area (Å²) in [5.41, 5.74) is 1.79. The Balaban J connectivity index is 1.64. The van der Waals surface area contributed by atoms with Crippen LogP contribution in [0.25, 0.3) is 16.8 Å². The molecule has 190 valence electrons. The standard InChI is InChI=1S/C31H30O6/c1-19-9-7-14-22(32)13-4-2-3-11-21-17-26-29(30(34)28(21)31(35)36-19)25(18-27(33)37-26)24-16-8-12-20-10-5-6-15-23(20)24/h3,5-6,8,10-12,15-17,19,25,34H,2,4,7,9,13-14,18H2,1H3/t19-,25+/m0/s1. The van der Waals surface area contributed by atoms with Gasteiger partial charge in [0, 0.05) is 24.3 Å². The first-order valence-corrected chi connectivity index (χ1v) is 12.9. The summed E-state index contributed by atoms with van der Waals surface area (Å²) in [7, 11) is 0. The summed E-state index contributed by atoms with van der Waals surface area (Å²) < 4.78 is 11.3. The zero-order chi connectivity index (χ0) is 25.9. The highest BCUT2D eigenvalue weighted by Crippen LogP contribution is 2.48. The van der Waals surface area contributed by atoms with E-state index < -0.39 is 24.0 Å². The third-order valence-corrected chi connectivity index (χ3v) is 7.18. The number of phenols is 1. The van der Waals surface area contributed by atoms with Crippen LogP contribution in [0.2, 0.25) is 0 Å². The molecule has 0 radical (unpaired) electrons. The van der Waals surface area contributed by atoms with Gasteiger partial charge in [-0.2, -0.15) is 0 Å². The SMILES string of the molecule is C[C@H]1CCCC(=O)CCCC=Cc2cc3c(c(O)c2C(=O)O1)[C@@H](c1cccc2ccccc12)CC(=O)O3. The molecule has 0 unspecified atom stereocenters.